The van der Waals surface area contributed by atoms with Crippen LogP contribution in [-0.4, -0.2) is 5.97 Å². The lowest BCUT2D eigenvalue weighted by Gasteiger charge is -2.17. The first-order valence-corrected chi connectivity index (χ1v) is 8.19. The highest BCUT2D eigenvalue weighted by Crippen LogP contribution is 2.26. The molecule has 0 amide bonds. The van der Waals surface area contributed by atoms with Gasteiger partial charge in [-0.2, -0.15) is 0 Å². The van der Waals surface area contributed by atoms with Crippen molar-refractivity contribution in [3.63, 3.8) is 0 Å². The van der Waals surface area contributed by atoms with Crippen LogP contribution in [0.1, 0.15) is 11.7 Å². The molecule has 0 bridgehead atoms. The molecule has 1 atom stereocenters. The van der Waals surface area contributed by atoms with E-state index in [1.807, 2.05) is 52.5 Å². The van der Waals surface area contributed by atoms with Crippen LogP contribution in [0.5, 0.6) is 11.5 Å². The molecular weight excluding hydrogens is 304 g/mol. The van der Waals surface area contributed by atoms with Crippen molar-refractivity contribution in [1.29, 1.82) is 0 Å². The summed E-state index contributed by atoms with van der Waals surface area (Å²) in [7, 11) is 0. The zero-order valence-corrected chi connectivity index (χ0v) is 12.6. The second-order valence-electron chi connectivity index (χ2n) is 4.25. The van der Waals surface area contributed by atoms with Crippen LogP contribution in [0.25, 0.3) is 0 Å². The Bertz CT molecular complexity index is 676. The van der Waals surface area contributed by atoms with Gasteiger partial charge in [0.05, 0.1) is 0 Å². The number of rotatable bonds is 5. The highest BCUT2D eigenvalue weighted by molar-refractivity contribution is 7.08. The van der Waals surface area contributed by atoms with Gasteiger partial charge in [0.25, 0.3) is 0 Å². The minimum absolute atomic E-state index is 0.425. The summed E-state index contributed by atoms with van der Waals surface area (Å²) in [5.41, 5.74) is 0.768. The Balaban J connectivity index is 1.83. The van der Waals surface area contributed by atoms with Crippen molar-refractivity contribution in [1.82, 2.24) is 0 Å². The molecule has 0 fully saturated rings. The van der Waals surface area contributed by atoms with E-state index in [2.05, 4.69) is 0 Å². The molecule has 0 saturated carbocycles. The van der Waals surface area contributed by atoms with E-state index in [1.54, 1.807) is 11.4 Å². The summed E-state index contributed by atoms with van der Waals surface area (Å²) in [5.74, 6) is 0.779. The molecule has 21 heavy (non-hydrogen) atoms. The number of hydrogen-bond donors (Lipinski definition) is 0. The van der Waals surface area contributed by atoms with Gasteiger partial charge in [0, 0.05) is 16.3 Å². The molecule has 5 heteroatoms. The Labute approximate surface area is 130 Å². The topological polar surface area (TPSA) is 35.5 Å². The van der Waals surface area contributed by atoms with E-state index in [1.165, 1.54) is 22.7 Å². The molecule has 3 aromatic rings. The molecule has 0 spiro atoms. The molecule has 2 heterocycles. The molecular formula is C16H12O3S2. The fraction of sp³-hybridized carbons (Fsp3) is 0.0625. The lowest BCUT2D eigenvalue weighted by atomic mass is 10.1. The molecule has 0 N–H and O–H groups in total. The molecule has 3 nitrogen and oxygen atoms in total. The number of hydrogen-bond acceptors (Lipinski definition) is 5. The van der Waals surface area contributed by atoms with Gasteiger partial charge < -0.3 is 9.47 Å². The van der Waals surface area contributed by atoms with Gasteiger partial charge in [0.15, 0.2) is 0 Å². The quantitative estimate of drug-likeness (QED) is 0.649. The Hall–Kier alpha value is -2.11. The Morgan fingerprint density at radius 2 is 1.57 bits per heavy atom. The monoisotopic (exact) mass is 316 g/mol. The van der Waals surface area contributed by atoms with Crippen molar-refractivity contribution in [2.24, 2.45) is 0 Å². The van der Waals surface area contributed by atoms with Gasteiger partial charge in [0.1, 0.15) is 11.5 Å². The fourth-order valence-electron chi connectivity index (χ4n) is 1.81. The van der Waals surface area contributed by atoms with E-state index in [0.29, 0.717) is 11.5 Å². The number of esters is 1. The maximum absolute atomic E-state index is 12.4. The summed E-state index contributed by atoms with van der Waals surface area (Å²) in [5, 5.41) is 7.40. The summed E-state index contributed by atoms with van der Waals surface area (Å²) in [6.07, 6.45) is -0.777. The minimum atomic E-state index is -0.777. The van der Waals surface area contributed by atoms with Gasteiger partial charge in [-0.1, -0.05) is 30.3 Å². The molecule has 3 rings (SSSR count). The van der Waals surface area contributed by atoms with Gasteiger partial charge in [-0.25, -0.2) is 4.79 Å². The van der Waals surface area contributed by atoms with E-state index in [4.69, 9.17) is 9.47 Å². The number of thiophene rings is 2. The summed E-state index contributed by atoms with van der Waals surface area (Å²) in [6.45, 7) is 0. The number of ether oxygens (including phenoxy) is 2. The summed E-state index contributed by atoms with van der Waals surface area (Å²) >= 11 is 3.00. The predicted molar refractivity (Wildman–Crippen MR) is 84.1 cm³/mol. The Kier molecular flexibility index (Phi) is 4.33. The second kappa shape index (κ2) is 6.56. The van der Waals surface area contributed by atoms with Gasteiger partial charge in [-0.15, -0.1) is 22.7 Å². The molecule has 1 aromatic carbocycles. The van der Waals surface area contributed by atoms with Gasteiger partial charge in [-0.3, -0.25) is 0 Å². The average Bonchev–Trinajstić information content (AvgIpc) is 3.19. The van der Waals surface area contributed by atoms with E-state index >= 15 is 0 Å². The molecule has 0 aliphatic heterocycles. The fourth-order valence-corrected chi connectivity index (χ4v) is 2.93. The maximum Gasteiger partial charge on any atom is 0.357 e. The Morgan fingerprint density at radius 3 is 2.19 bits per heavy atom. The van der Waals surface area contributed by atoms with Crippen LogP contribution in [0.3, 0.4) is 0 Å². The van der Waals surface area contributed by atoms with Crippen molar-refractivity contribution in [2.75, 3.05) is 0 Å². The number of benzene rings is 1. The smallest absolute Gasteiger partial charge is 0.357 e. The predicted octanol–water partition coefficient (Wildman–Crippen LogP) is 4.54. The van der Waals surface area contributed by atoms with Gasteiger partial charge >= 0.3 is 5.97 Å². The van der Waals surface area contributed by atoms with Crippen molar-refractivity contribution in [2.45, 2.75) is 6.10 Å². The van der Waals surface area contributed by atoms with Crippen molar-refractivity contribution in [3.05, 3.63) is 69.5 Å². The first kappa shape index (κ1) is 13.9. The van der Waals surface area contributed by atoms with E-state index < -0.39 is 12.1 Å². The standard InChI is InChI=1S/C16H12O3S2/c17-16(19-14-7-9-21-11-14)15(12-4-2-1-3-5-12)18-13-6-8-20-10-13/h1-11,15H/t15-/m1/s1. The average molecular weight is 316 g/mol. The number of carbonyl (C=O) groups is 1. The summed E-state index contributed by atoms with van der Waals surface area (Å²) in [6, 6.07) is 12.9. The van der Waals surface area contributed by atoms with E-state index in [-0.39, 0.29) is 0 Å². The zero-order valence-electron chi connectivity index (χ0n) is 11.0. The molecule has 0 saturated heterocycles. The van der Waals surface area contributed by atoms with Gasteiger partial charge in [-0.05, 0) is 22.9 Å². The van der Waals surface area contributed by atoms with Crippen LogP contribution in [0, 0.1) is 0 Å². The molecule has 2 aromatic heterocycles. The first-order valence-electron chi connectivity index (χ1n) is 6.30. The van der Waals surface area contributed by atoms with Crippen LogP contribution in [0.2, 0.25) is 0 Å². The molecule has 0 aliphatic carbocycles. The highest BCUT2D eigenvalue weighted by Gasteiger charge is 2.25. The van der Waals surface area contributed by atoms with E-state index in [0.717, 1.165) is 5.56 Å². The third kappa shape index (κ3) is 3.51. The molecule has 0 radical (unpaired) electrons. The van der Waals surface area contributed by atoms with Crippen LogP contribution in [-0.2, 0) is 4.79 Å². The Morgan fingerprint density at radius 1 is 0.905 bits per heavy atom. The zero-order chi connectivity index (χ0) is 14.5. The third-order valence-electron chi connectivity index (χ3n) is 2.78. The lowest BCUT2D eigenvalue weighted by molar-refractivity contribution is -0.142. The number of carbonyl (C=O) groups excluding carboxylic acids is 1. The van der Waals surface area contributed by atoms with Crippen LogP contribution in [0.4, 0.5) is 0 Å². The highest BCUT2D eigenvalue weighted by atomic mass is 32.1. The van der Waals surface area contributed by atoms with Crippen LogP contribution < -0.4 is 9.47 Å². The van der Waals surface area contributed by atoms with Crippen molar-refractivity contribution >= 4 is 28.6 Å². The van der Waals surface area contributed by atoms with Crippen LogP contribution in [0.15, 0.2) is 64.0 Å². The minimum Gasteiger partial charge on any atom is -0.473 e. The largest absolute Gasteiger partial charge is 0.473 e. The van der Waals surface area contributed by atoms with Gasteiger partial charge in [0.2, 0.25) is 6.10 Å². The lowest BCUT2D eigenvalue weighted by Crippen LogP contribution is -2.23. The first-order chi connectivity index (χ1) is 10.3. The normalized spacial score (nSPS) is 11.8. The van der Waals surface area contributed by atoms with Crippen molar-refractivity contribution < 1.29 is 14.3 Å². The summed E-state index contributed by atoms with van der Waals surface area (Å²) in [4.78, 5) is 12.4. The third-order valence-corrected chi connectivity index (χ3v) is 4.10. The maximum atomic E-state index is 12.4. The molecule has 106 valence electrons. The SMILES string of the molecule is O=C(Oc1ccsc1)[C@H](Oc1ccsc1)c1ccccc1. The van der Waals surface area contributed by atoms with E-state index in [9.17, 15) is 4.79 Å². The van der Waals surface area contributed by atoms with Crippen LogP contribution >= 0.6 is 22.7 Å². The second-order valence-corrected chi connectivity index (χ2v) is 5.81. The molecule has 0 aliphatic rings. The summed E-state index contributed by atoms with van der Waals surface area (Å²) < 4.78 is 11.2. The van der Waals surface area contributed by atoms with Crippen molar-refractivity contribution in [3.8, 4) is 11.5 Å². The molecule has 0 unspecified atom stereocenters.